The van der Waals surface area contributed by atoms with Crippen LogP contribution in [0, 0.1) is 0 Å². The van der Waals surface area contributed by atoms with Gasteiger partial charge in [0.2, 0.25) is 5.96 Å². The van der Waals surface area contributed by atoms with E-state index >= 15 is 0 Å². The molecule has 2 atom stereocenters. The van der Waals surface area contributed by atoms with Crippen LogP contribution in [-0.2, 0) is 19.0 Å². The summed E-state index contributed by atoms with van der Waals surface area (Å²) in [5.74, 6) is -1.72. The van der Waals surface area contributed by atoms with Crippen molar-refractivity contribution in [1.29, 1.82) is 0 Å². The second-order valence-electron chi connectivity index (χ2n) is 12.4. The molecule has 0 bridgehead atoms. The predicted octanol–water partition coefficient (Wildman–Crippen LogP) is 4.87. The summed E-state index contributed by atoms with van der Waals surface area (Å²) in [6.45, 7) is 9.93. The van der Waals surface area contributed by atoms with Crippen LogP contribution in [0.25, 0.3) is 11.1 Å². The Morgan fingerprint density at radius 3 is 1.81 bits per heavy atom. The molecule has 0 aromatic heterocycles. The van der Waals surface area contributed by atoms with Crippen LogP contribution in [0.5, 0.6) is 0 Å². The molecule has 3 amide bonds. The first-order valence-corrected chi connectivity index (χ1v) is 14.0. The van der Waals surface area contributed by atoms with Crippen LogP contribution in [0.15, 0.2) is 53.5 Å². The zero-order chi connectivity index (χ0) is 31.5. The van der Waals surface area contributed by atoms with Gasteiger partial charge in [-0.3, -0.25) is 15.5 Å². The monoisotopic (exact) mass is 594 g/mol. The minimum atomic E-state index is -1.23. The molecule has 12 nitrogen and oxygen atoms in total. The number of hydrogen-bond donors (Lipinski definition) is 3. The van der Waals surface area contributed by atoms with E-state index in [9.17, 15) is 24.3 Å². The Bertz CT molecular complexity index is 1350. The number of alkyl carbamates (subject to hydrolysis) is 2. The second-order valence-corrected chi connectivity index (χ2v) is 12.4. The molecule has 3 N–H and O–H groups in total. The van der Waals surface area contributed by atoms with Crippen molar-refractivity contribution in [2.45, 2.75) is 77.2 Å². The summed E-state index contributed by atoms with van der Waals surface area (Å²) in [5, 5.41) is 14.7. The molecule has 12 heteroatoms. The summed E-state index contributed by atoms with van der Waals surface area (Å²) in [4.78, 5) is 55.7. The molecule has 1 aliphatic carbocycles. The van der Waals surface area contributed by atoms with Crippen molar-refractivity contribution in [2.75, 3.05) is 13.2 Å². The topological polar surface area (TPSA) is 156 Å². The lowest BCUT2D eigenvalue weighted by molar-refractivity contribution is -0.141. The number of likely N-dealkylation sites (tertiary alicyclic amines) is 1. The number of amides is 3. The molecule has 1 aliphatic heterocycles. The van der Waals surface area contributed by atoms with Crippen LogP contribution in [0.1, 0.15) is 65.0 Å². The Kier molecular flexibility index (Phi) is 8.98. The molecule has 2 aliphatic rings. The molecule has 0 radical (unpaired) electrons. The summed E-state index contributed by atoms with van der Waals surface area (Å²) in [7, 11) is 0. The fraction of sp³-hybridized carbons (Fsp3) is 0.452. The molecular weight excluding hydrogens is 556 g/mol. The molecule has 0 unspecified atom stereocenters. The average molecular weight is 595 g/mol. The van der Waals surface area contributed by atoms with E-state index in [1.54, 1.807) is 41.5 Å². The Balaban J connectivity index is 1.49. The number of aliphatic imine (C=N–C) groups is 1. The van der Waals surface area contributed by atoms with E-state index in [1.165, 1.54) is 0 Å². The molecule has 43 heavy (non-hydrogen) atoms. The maximum absolute atomic E-state index is 13.3. The number of carbonyl (C=O) groups excluding carboxylic acids is 3. The van der Waals surface area contributed by atoms with E-state index in [2.05, 4.69) is 15.6 Å². The normalized spacial score (nSPS) is 17.8. The number of carboxylic acids is 1. The molecule has 0 spiro atoms. The number of carbonyl (C=O) groups is 4. The minimum absolute atomic E-state index is 0.0231. The third kappa shape index (κ3) is 8.02. The summed E-state index contributed by atoms with van der Waals surface area (Å²) in [6.07, 6.45) is -2.64. The second kappa shape index (κ2) is 12.3. The van der Waals surface area contributed by atoms with Crippen LogP contribution in [0.4, 0.5) is 14.4 Å². The molecule has 2 aromatic rings. The number of nitrogens with zero attached hydrogens (tertiary/aromatic N) is 2. The number of benzene rings is 2. The fourth-order valence-electron chi connectivity index (χ4n) is 5.10. The number of nitrogens with one attached hydrogen (secondary N) is 2. The molecule has 2 aromatic carbocycles. The highest BCUT2D eigenvalue weighted by Gasteiger charge is 2.42. The zero-order valence-electron chi connectivity index (χ0n) is 25.2. The third-order valence-electron chi connectivity index (χ3n) is 6.69. The lowest BCUT2D eigenvalue weighted by atomic mass is 9.98. The number of ether oxygens (including phenoxy) is 3. The first kappa shape index (κ1) is 31.3. The van der Waals surface area contributed by atoms with E-state index in [-0.39, 0.29) is 31.4 Å². The first-order chi connectivity index (χ1) is 20.1. The van der Waals surface area contributed by atoms with Crippen LogP contribution >= 0.6 is 0 Å². The Morgan fingerprint density at radius 2 is 1.35 bits per heavy atom. The van der Waals surface area contributed by atoms with Crippen LogP contribution in [0.2, 0.25) is 0 Å². The number of rotatable bonds is 4. The summed E-state index contributed by atoms with van der Waals surface area (Å²) < 4.78 is 16.2. The lowest BCUT2D eigenvalue weighted by Gasteiger charge is -2.23. The third-order valence-corrected chi connectivity index (χ3v) is 6.69. The number of guanidine groups is 1. The highest BCUT2D eigenvalue weighted by atomic mass is 16.6. The smallest absolute Gasteiger partial charge is 0.414 e. The van der Waals surface area contributed by atoms with Gasteiger partial charge in [0.15, 0.2) is 0 Å². The highest BCUT2D eigenvalue weighted by Crippen LogP contribution is 2.44. The largest absolute Gasteiger partial charge is 0.480 e. The molecule has 0 saturated carbocycles. The molecule has 1 fully saturated rings. The van der Waals surface area contributed by atoms with Gasteiger partial charge in [-0.05, 0) is 63.8 Å². The van der Waals surface area contributed by atoms with Crippen molar-refractivity contribution < 1.29 is 38.5 Å². The molecule has 1 saturated heterocycles. The van der Waals surface area contributed by atoms with Crippen molar-refractivity contribution in [3.8, 4) is 11.1 Å². The quantitative estimate of drug-likeness (QED) is 0.257. The number of aliphatic carboxylic acids is 1. The van der Waals surface area contributed by atoms with Gasteiger partial charge >= 0.3 is 24.2 Å². The highest BCUT2D eigenvalue weighted by molar-refractivity contribution is 6.01. The van der Waals surface area contributed by atoms with Crippen molar-refractivity contribution in [1.82, 2.24) is 15.5 Å². The Morgan fingerprint density at radius 1 is 0.860 bits per heavy atom. The van der Waals surface area contributed by atoms with Crippen molar-refractivity contribution in [3.63, 3.8) is 0 Å². The van der Waals surface area contributed by atoms with Gasteiger partial charge < -0.3 is 19.3 Å². The molecule has 4 rings (SSSR count). The first-order valence-electron chi connectivity index (χ1n) is 14.0. The van der Waals surface area contributed by atoms with Crippen molar-refractivity contribution in [3.05, 3.63) is 59.7 Å². The van der Waals surface area contributed by atoms with Crippen LogP contribution in [0.3, 0.4) is 0 Å². The number of fused-ring (bicyclic) bond motifs is 3. The zero-order valence-corrected chi connectivity index (χ0v) is 25.2. The number of carboxylic acid groups (broad SMARTS) is 1. The average Bonchev–Trinajstić information content (AvgIpc) is 3.44. The van der Waals surface area contributed by atoms with E-state index in [4.69, 9.17) is 14.2 Å². The van der Waals surface area contributed by atoms with Gasteiger partial charge in [-0.2, -0.15) is 0 Å². The maximum atomic E-state index is 13.3. The van der Waals surface area contributed by atoms with Gasteiger partial charge in [-0.25, -0.2) is 24.2 Å². The summed E-state index contributed by atoms with van der Waals surface area (Å²) in [6, 6.07) is 13.8. The van der Waals surface area contributed by atoms with Crippen molar-refractivity contribution >= 4 is 30.2 Å². The summed E-state index contributed by atoms with van der Waals surface area (Å²) >= 11 is 0. The van der Waals surface area contributed by atoms with Gasteiger partial charge in [-0.15, -0.1) is 0 Å². The SMILES string of the molecule is CC(C)(C)OC(=O)NC(=N[C@@H]1C[C@@H](C(=O)O)N(C(=O)OCC2c3ccccc3-c3ccccc32)C1)NC(=O)OC(C)(C)C. The van der Waals surface area contributed by atoms with Crippen LogP contribution < -0.4 is 10.6 Å². The van der Waals surface area contributed by atoms with Crippen LogP contribution in [-0.4, -0.2) is 76.7 Å². The van der Waals surface area contributed by atoms with E-state index in [1.807, 2.05) is 48.5 Å². The maximum Gasteiger partial charge on any atom is 0.414 e. The van der Waals surface area contributed by atoms with Gasteiger partial charge in [0, 0.05) is 18.9 Å². The van der Waals surface area contributed by atoms with E-state index in [0.717, 1.165) is 27.2 Å². The van der Waals surface area contributed by atoms with Gasteiger partial charge in [0.05, 0.1) is 6.04 Å². The Labute approximate surface area is 250 Å². The van der Waals surface area contributed by atoms with Gasteiger partial charge in [-0.1, -0.05) is 48.5 Å². The van der Waals surface area contributed by atoms with E-state index in [0.29, 0.717) is 0 Å². The molecule has 230 valence electrons. The predicted molar refractivity (Wildman–Crippen MR) is 158 cm³/mol. The van der Waals surface area contributed by atoms with Crippen molar-refractivity contribution in [2.24, 2.45) is 4.99 Å². The standard InChI is InChI=1S/C31H38N4O8/c1-30(2,3)42-27(38)33-26(34-28(39)43-31(4,5)6)32-18-15-24(25(36)37)35(16-18)29(40)41-17-23-21-13-9-7-11-19(21)20-12-8-10-14-22(20)23/h7-14,18,23-24H,15-17H2,1-6H3,(H,36,37)(H2,32,33,34,38,39)/t18-,24+/m1/s1. The summed E-state index contributed by atoms with van der Waals surface area (Å²) in [5.41, 5.74) is 2.54. The molecule has 1 heterocycles. The van der Waals surface area contributed by atoms with Gasteiger partial charge in [0.25, 0.3) is 0 Å². The number of hydrogen-bond acceptors (Lipinski definition) is 8. The van der Waals surface area contributed by atoms with E-state index < -0.39 is 47.5 Å². The van der Waals surface area contributed by atoms with Gasteiger partial charge in [0.1, 0.15) is 23.9 Å². The molecular formula is C31H38N4O8. The fourth-order valence-corrected chi connectivity index (χ4v) is 5.10. The minimum Gasteiger partial charge on any atom is -0.480 e. The Hall–Kier alpha value is -4.61. The lowest BCUT2D eigenvalue weighted by Crippen LogP contribution is -2.47.